The lowest BCUT2D eigenvalue weighted by molar-refractivity contribution is 0.0955. The Morgan fingerprint density at radius 3 is 2.37 bits per heavy atom. The molecule has 30 heavy (non-hydrogen) atoms. The van der Waals surface area contributed by atoms with Gasteiger partial charge in [-0.1, -0.05) is 36.4 Å². The van der Waals surface area contributed by atoms with E-state index < -0.39 is 10.0 Å². The highest BCUT2D eigenvalue weighted by Gasteiger charge is 2.26. The maximum Gasteiger partial charge on any atom is 0.264 e. The minimum Gasteiger partial charge on any atom is -0.481 e. The molecule has 156 valence electrons. The maximum atomic E-state index is 13.4. The number of rotatable bonds is 8. The van der Waals surface area contributed by atoms with Crippen molar-refractivity contribution in [2.75, 3.05) is 24.5 Å². The summed E-state index contributed by atoms with van der Waals surface area (Å²) in [5, 5.41) is 2.77. The van der Waals surface area contributed by atoms with E-state index in [0.717, 1.165) is 0 Å². The molecule has 0 spiro atoms. The summed E-state index contributed by atoms with van der Waals surface area (Å²) in [7, 11) is -2.38. The second-order valence-corrected chi connectivity index (χ2v) is 8.35. The topological polar surface area (TPSA) is 88.6 Å². The molecule has 3 aromatic rings. The Morgan fingerprint density at radius 1 is 1.03 bits per heavy atom. The number of ether oxygens (including phenoxy) is 1. The summed E-state index contributed by atoms with van der Waals surface area (Å²) in [4.78, 5) is 16.6. The fourth-order valence-electron chi connectivity index (χ4n) is 2.96. The van der Waals surface area contributed by atoms with Crippen molar-refractivity contribution in [3.63, 3.8) is 0 Å². The highest BCUT2D eigenvalue weighted by atomic mass is 32.2. The van der Waals surface area contributed by atoms with Crippen LogP contribution in [0, 0.1) is 6.92 Å². The molecule has 0 unspecified atom stereocenters. The highest BCUT2D eigenvalue weighted by Crippen LogP contribution is 2.25. The summed E-state index contributed by atoms with van der Waals surface area (Å²) in [5.74, 6) is 0.112. The third-order valence-corrected chi connectivity index (χ3v) is 6.50. The molecule has 8 heteroatoms. The number of carbonyl (C=O) groups is 1. The number of hydrogen-bond acceptors (Lipinski definition) is 5. The van der Waals surface area contributed by atoms with Gasteiger partial charge in [-0.05, 0) is 36.8 Å². The van der Waals surface area contributed by atoms with Gasteiger partial charge in [0.05, 0.1) is 30.4 Å². The molecule has 0 aliphatic rings. The van der Waals surface area contributed by atoms with Crippen molar-refractivity contribution in [3.05, 3.63) is 84.1 Å². The lowest BCUT2D eigenvalue weighted by atomic mass is 10.2. The van der Waals surface area contributed by atoms with E-state index in [1.807, 2.05) is 6.07 Å². The standard InChI is InChI=1S/C22H23N3O4S/c1-17-8-6-7-11-20(17)30(27,28)25(19-12-13-21(29-2)24-16-19)15-14-23-22(26)18-9-4-3-5-10-18/h3-13,16H,14-15H2,1-2H3,(H,23,26). The van der Waals surface area contributed by atoms with E-state index in [4.69, 9.17) is 4.74 Å². The van der Waals surface area contributed by atoms with Gasteiger partial charge in [0.25, 0.3) is 15.9 Å². The number of nitrogens with zero attached hydrogens (tertiary/aromatic N) is 2. The maximum absolute atomic E-state index is 13.4. The summed E-state index contributed by atoms with van der Waals surface area (Å²) in [6, 6.07) is 18.8. The lowest BCUT2D eigenvalue weighted by Gasteiger charge is -2.25. The molecule has 1 aromatic heterocycles. The number of methoxy groups -OCH3 is 1. The van der Waals surface area contributed by atoms with Crippen LogP contribution in [0.25, 0.3) is 0 Å². The minimum absolute atomic E-state index is 0.0449. The van der Waals surface area contributed by atoms with Crippen molar-refractivity contribution < 1.29 is 17.9 Å². The van der Waals surface area contributed by atoms with E-state index in [1.165, 1.54) is 17.6 Å². The van der Waals surface area contributed by atoms with E-state index in [9.17, 15) is 13.2 Å². The number of carbonyl (C=O) groups excluding carboxylic acids is 1. The molecule has 0 atom stereocenters. The fraction of sp³-hybridized carbons (Fsp3) is 0.182. The summed E-state index contributed by atoms with van der Waals surface area (Å²) in [6.07, 6.45) is 1.44. The summed E-state index contributed by atoms with van der Waals surface area (Å²) in [5.41, 5.74) is 1.53. The van der Waals surface area contributed by atoms with Gasteiger partial charge in [-0.2, -0.15) is 0 Å². The third-order valence-electron chi connectivity index (χ3n) is 4.52. The van der Waals surface area contributed by atoms with E-state index in [2.05, 4.69) is 10.3 Å². The molecular formula is C22H23N3O4S. The van der Waals surface area contributed by atoms with Crippen molar-refractivity contribution in [1.29, 1.82) is 0 Å². The lowest BCUT2D eigenvalue weighted by Crippen LogP contribution is -2.39. The van der Waals surface area contributed by atoms with Crippen molar-refractivity contribution in [1.82, 2.24) is 10.3 Å². The molecule has 1 heterocycles. The second kappa shape index (κ2) is 9.41. The number of nitrogens with one attached hydrogen (secondary N) is 1. The van der Waals surface area contributed by atoms with Gasteiger partial charge < -0.3 is 10.1 Å². The molecule has 1 N–H and O–H groups in total. The Bertz CT molecular complexity index is 1100. The highest BCUT2D eigenvalue weighted by molar-refractivity contribution is 7.92. The van der Waals surface area contributed by atoms with Gasteiger partial charge in [-0.3, -0.25) is 9.10 Å². The van der Waals surface area contributed by atoms with Crippen LogP contribution in [0.15, 0.2) is 77.8 Å². The van der Waals surface area contributed by atoms with Crippen LogP contribution < -0.4 is 14.4 Å². The largest absolute Gasteiger partial charge is 0.481 e. The molecule has 0 fully saturated rings. The van der Waals surface area contributed by atoms with Crippen LogP contribution in [-0.2, 0) is 10.0 Å². The number of anilines is 1. The van der Waals surface area contributed by atoms with Crippen LogP contribution in [0.5, 0.6) is 5.88 Å². The van der Waals surface area contributed by atoms with Crippen LogP contribution in [0.2, 0.25) is 0 Å². The zero-order chi connectivity index (χ0) is 21.6. The third kappa shape index (κ3) is 4.77. The first kappa shape index (κ1) is 21.3. The Balaban J connectivity index is 1.86. The number of benzene rings is 2. The number of hydrogen-bond donors (Lipinski definition) is 1. The zero-order valence-corrected chi connectivity index (χ0v) is 17.6. The molecule has 0 aliphatic heterocycles. The zero-order valence-electron chi connectivity index (χ0n) is 16.8. The average Bonchev–Trinajstić information content (AvgIpc) is 2.77. The quantitative estimate of drug-likeness (QED) is 0.599. The number of aromatic nitrogens is 1. The first-order chi connectivity index (χ1) is 14.4. The van der Waals surface area contributed by atoms with E-state index in [-0.39, 0.29) is 23.9 Å². The normalized spacial score (nSPS) is 11.0. The molecular weight excluding hydrogens is 402 g/mol. The van der Waals surface area contributed by atoms with Gasteiger partial charge in [0.2, 0.25) is 5.88 Å². The molecule has 0 saturated carbocycles. The predicted molar refractivity (Wildman–Crippen MR) is 115 cm³/mol. The minimum atomic E-state index is -3.87. The molecule has 0 bridgehead atoms. The Morgan fingerprint density at radius 2 is 1.73 bits per heavy atom. The van der Waals surface area contributed by atoms with Gasteiger partial charge >= 0.3 is 0 Å². The predicted octanol–water partition coefficient (Wildman–Crippen LogP) is 3.02. The summed E-state index contributed by atoms with van der Waals surface area (Å²) < 4.78 is 33.1. The Hall–Kier alpha value is -3.39. The van der Waals surface area contributed by atoms with Crippen LogP contribution in [-0.4, -0.2) is 39.5 Å². The molecule has 0 aliphatic carbocycles. The molecule has 7 nitrogen and oxygen atoms in total. The van der Waals surface area contributed by atoms with Crippen molar-refractivity contribution in [2.24, 2.45) is 0 Å². The van der Waals surface area contributed by atoms with Crippen molar-refractivity contribution in [3.8, 4) is 5.88 Å². The smallest absolute Gasteiger partial charge is 0.264 e. The molecule has 1 amide bonds. The first-order valence-electron chi connectivity index (χ1n) is 9.35. The van der Waals surface area contributed by atoms with Crippen LogP contribution in [0.3, 0.4) is 0 Å². The molecule has 3 rings (SSSR count). The van der Waals surface area contributed by atoms with Crippen molar-refractivity contribution >= 4 is 21.6 Å². The number of aryl methyl sites for hydroxylation is 1. The van der Waals surface area contributed by atoms with Crippen LogP contribution in [0.4, 0.5) is 5.69 Å². The average molecular weight is 426 g/mol. The molecule has 2 aromatic carbocycles. The first-order valence-corrected chi connectivity index (χ1v) is 10.8. The Kier molecular flexibility index (Phi) is 6.68. The summed E-state index contributed by atoms with van der Waals surface area (Å²) >= 11 is 0. The number of pyridine rings is 1. The van der Waals surface area contributed by atoms with Gasteiger partial charge in [0.1, 0.15) is 0 Å². The van der Waals surface area contributed by atoms with Crippen LogP contribution >= 0.6 is 0 Å². The van der Waals surface area contributed by atoms with Gasteiger partial charge in [-0.25, -0.2) is 13.4 Å². The van der Waals surface area contributed by atoms with Gasteiger partial charge in [0, 0.05) is 18.2 Å². The van der Waals surface area contributed by atoms with Gasteiger partial charge in [-0.15, -0.1) is 0 Å². The molecule has 0 saturated heterocycles. The monoisotopic (exact) mass is 425 g/mol. The SMILES string of the molecule is COc1ccc(N(CCNC(=O)c2ccccc2)S(=O)(=O)c2ccccc2C)cn1. The Labute approximate surface area is 176 Å². The number of sulfonamides is 1. The van der Waals surface area contributed by atoms with E-state index in [0.29, 0.717) is 22.7 Å². The van der Waals surface area contributed by atoms with Gasteiger partial charge in [0.15, 0.2) is 0 Å². The van der Waals surface area contributed by atoms with Crippen LogP contribution in [0.1, 0.15) is 15.9 Å². The van der Waals surface area contributed by atoms with E-state index >= 15 is 0 Å². The fourth-order valence-corrected chi connectivity index (χ4v) is 4.64. The van der Waals surface area contributed by atoms with Crippen molar-refractivity contribution in [2.45, 2.75) is 11.8 Å². The second-order valence-electron chi connectivity index (χ2n) is 6.52. The number of amides is 1. The molecule has 0 radical (unpaired) electrons. The summed E-state index contributed by atoms with van der Waals surface area (Å²) in [6.45, 7) is 1.92. The van der Waals surface area contributed by atoms with E-state index in [1.54, 1.807) is 67.6 Å².